The lowest BCUT2D eigenvalue weighted by Gasteiger charge is -2.28. The Balaban J connectivity index is 1.72. The summed E-state index contributed by atoms with van der Waals surface area (Å²) in [5.41, 5.74) is 2.30. The van der Waals surface area contributed by atoms with E-state index in [1.807, 2.05) is 18.2 Å². The van der Waals surface area contributed by atoms with Gasteiger partial charge in [0.05, 0.1) is 12.5 Å². The van der Waals surface area contributed by atoms with Crippen LogP contribution in [0.1, 0.15) is 23.1 Å². The van der Waals surface area contributed by atoms with E-state index in [1.54, 1.807) is 0 Å². The molecule has 0 unspecified atom stereocenters. The number of ether oxygens (including phenoxy) is 2. The highest BCUT2D eigenvalue weighted by molar-refractivity contribution is 6.30. The molecule has 0 fully saturated rings. The molecule has 0 saturated carbocycles. The lowest BCUT2D eigenvalue weighted by atomic mass is 9.87. The first kappa shape index (κ1) is 12.4. The molecule has 3 aromatic rings. The third-order valence-corrected chi connectivity index (χ3v) is 4.85. The van der Waals surface area contributed by atoms with Crippen LogP contribution in [0.25, 0.3) is 10.8 Å². The number of fused-ring (bicyclic) bond motifs is 7. The molecule has 3 aromatic carbocycles. The van der Waals surface area contributed by atoms with E-state index >= 15 is 0 Å². The van der Waals surface area contributed by atoms with Crippen LogP contribution in [0.5, 0.6) is 11.5 Å². The van der Waals surface area contributed by atoms with Gasteiger partial charge in [0, 0.05) is 16.1 Å². The van der Waals surface area contributed by atoms with Crippen LogP contribution in [-0.2, 0) is 0 Å². The fourth-order valence-electron chi connectivity index (χ4n) is 3.63. The number of benzene rings is 3. The Morgan fingerprint density at radius 3 is 2.77 bits per heavy atom. The molecule has 0 bridgehead atoms. The Kier molecular flexibility index (Phi) is 2.47. The fourth-order valence-corrected chi connectivity index (χ4v) is 3.82. The number of rotatable bonds is 0. The Hall–Kier alpha value is -2.19. The topological polar surface area (TPSA) is 18.5 Å². The Morgan fingerprint density at radius 1 is 0.955 bits per heavy atom. The molecule has 2 heterocycles. The van der Waals surface area contributed by atoms with E-state index in [4.69, 9.17) is 21.1 Å². The van der Waals surface area contributed by atoms with Gasteiger partial charge < -0.3 is 9.47 Å². The molecule has 0 amide bonds. The average Bonchev–Trinajstić information content (AvgIpc) is 2.94. The van der Waals surface area contributed by atoms with Gasteiger partial charge in [-0.3, -0.25) is 0 Å². The summed E-state index contributed by atoms with van der Waals surface area (Å²) in [7, 11) is 0. The summed E-state index contributed by atoms with van der Waals surface area (Å²) in [5.74, 6) is 2.06. The van der Waals surface area contributed by atoms with Crippen molar-refractivity contribution >= 4 is 22.4 Å². The predicted octanol–water partition coefficient (Wildman–Crippen LogP) is 5.10. The van der Waals surface area contributed by atoms with Crippen molar-refractivity contribution in [2.45, 2.75) is 12.0 Å². The molecule has 2 atom stereocenters. The molecule has 0 radical (unpaired) electrons. The highest BCUT2D eigenvalue weighted by Gasteiger charge is 2.41. The van der Waals surface area contributed by atoms with Gasteiger partial charge in [0.25, 0.3) is 0 Å². The molecule has 22 heavy (non-hydrogen) atoms. The maximum Gasteiger partial charge on any atom is 0.138 e. The van der Waals surface area contributed by atoms with Crippen molar-refractivity contribution < 1.29 is 9.47 Å². The first-order valence-corrected chi connectivity index (χ1v) is 7.79. The molecular weight excluding hydrogens is 296 g/mol. The average molecular weight is 309 g/mol. The molecule has 5 rings (SSSR count). The first-order chi connectivity index (χ1) is 10.8. The van der Waals surface area contributed by atoms with Crippen LogP contribution in [0.4, 0.5) is 0 Å². The monoisotopic (exact) mass is 308 g/mol. The van der Waals surface area contributed by atoms with Crippen LogP contribution in [0.3, 0.4) is 0 Å². The zero-order valence-electron chi connectivity index (χ0n) is 11.8. The van der Waals surface area contributed by atoms with Crippen molar-refractivity contribution in [2.75, 3.05) is 6.61 Å². The van der Waals surface area contributed by atoms with Crippen LogP contribution < -0.4 is 9.47 Å². The van der Waals surface area contributed by atoms with E-state index in [0.717, 1.165) is 17.1 Å². The van der Waals surface area contributed by atoms with E-state index in [9.17, 15) is 0 Å². The second-order valence-corrected chi connectivity index (χ2v) is 6.27. The molecule has 0 aromatic heterocycles. The minimum atomic E-state index is -0.0109. The van der Waals surface area contributed by atoms with E-state index in [2.05, 4.69) is 36.4 Å². The molecule has 0 saturated heterocycles. The number of hydrogen-bond donors (Lipinski definition) is 0. The molecule has 108 valence electrons. The summed E-state index contributed by atoms with van der Waals surface area (Å²) in [6, 6.07) is 18.4. The second kappa shape index (κ2) is 4.40. The summed E-state index contributed by atoms with van der Waals surface area (Å²) < 4.78 is 12.2. The molecule has 0 spiro atoms. The smallest absolute Gasteiger partial charge is 0.138 e. The summed E-state index contributed by atoms with van der Waals surface area (Å²) in [4.78, 5) is 0. The second-order valence-electron chi connectivity index (χ2n) is 5.84. The zero-order valence-corrected chi connectivity index (χ0v) is 12.5. The van der Waals surface area contributed by atoms with E-state index in [1.165, 1.54) is 16.3 Å². The Morgan fingerprint density at radius 2 is 1.82 bits per heavy atom. The van der Waals surface area contributed by atoms with Gasteiger partial charge in [-0.1, -0.05) is 41.9 Å². The molecule has 2 aliphatic rings. The summed E-state index contributed by atoms with van der Waals surface area (Å²) in [5, 5.41) is 3.20. The van der Waals surface area contributed by atoms with Crippen LogP contribution in [-0.4, -0.2) is 6.61 Å². The van der Waals surface area contributed by atoms with Gasteiger partial charge in [0.15, 0.2) is 0 Å². The predicted molar refractivity (Wildman–Crippen MR) is 87.0 cm³/mol. The van der Waals surface area contributed by atoms with Crippen LogP contribution >= 0.6 is 11.6 Å². The summed E-state index contributed by atoms with van der Waals surface area (Å²) >= 11 is 6.16. The SMILES string of the molecule is Clc1ccc2c(c1)[C@@H]1Oc3ccc4ccccc4c3[C@@H]1CO2. The zero-order chi connectivity index (χ0) is 14.7. The fraction of sp³-hybridized carbons (Fsp3) is 0.158. The van der Waals surface area contributed by atoms with Crippen LogP contribution in [0.15, 0.2) is 54.6 Å². The lowest BCUT2D eigenvalue weighted by molar-refractivity contribution is 0.140. The minimum Gasteiger partial charge on any atom is -0.492 e. The maximum absolute atomic E-state index is 6.26. The molecular formula is C19H13ClO2. The van der Waals surface area contributed by atoms with Crippen molar-refractivity contribution in [2.24, 2.45) is 0 Å². The molecule has 0 N–H and O–H groups in total. The largest absolute Gasteiger partial charge is 0.492 e. The van der Waals surface area contributed by atoms with E-state index in [-0.39, 0.29) is 12.0 Å². The van der Waals surface area contributed by atoms with Gasteiger partial charge >= 0.3 is 0 Å². The van der Waals surface area contributed by atoms with Crippen molar-refractivity contribution in [3.05, 3.63) is 70.7 Å². The Bertz CT molecular complexity index is 903. The third kappa shape index (κ3) is 1.62. The molecule has 0 aliphatic carbocycles. The normalized spacial score (nSPS) is 21.5. The first-order valence-electron chi connectivity index (χ1n) is 7.42. The highest BCUT2D eigenvalue weighted by atomic mass is 35.5. The van der Waals surface area contributed by atoms with Crippen molar-refractivity contribution in [1.82, 2.24) is 0 Å². The van der Waals surface area contributed by atoms with Gasteiger partial charge in [-0.2, -0.15) is 0 Å². The molecule has 2 nitrogen and oxygen atoms in total. The van der Waals surface area contributed by atoms with Gasteiger partial charge in [-0.05, 0) is 35.0 Å². The van der Waals surface area contributed by atoms with Crippen molar-refractivity contribution in [3.63, 3.8) is 0 Å². The van der Waals surface area contributed by atoms with Gasteiger partial charge in [-0.25, -0.2) is 0 Å². The van der Waals surface area contributed by atoms with Gasteiger partial charge in [-0.15, -0.1) is 0 Å². The van der Waals surface area contributed by atoms with Crippen LogP contribution in [0.2, 0.25) is 5.02 Å². The number of hydrogen-bond acceptors (Lipinski definition) is 2. The summed E-state index contributed by atoms with van der Waals surface area (Å²) in [6.07, 6.45) is -0.0109. The quantitative estimate of drug-likeness (QED) is 0.575. The molecule has 2 aliphatic heterocycles. The van der Waals surface area contributed by atoms with Gasteiger partial charge in [0.1, 0.15) is 17.6 Å². The summed E-state index contributed by atoms with van der Waals surface area (Å²) in [6.45, 7) is 0.639. The highest BCUT2D eigenvalue weighted by Crippen LogP contribution is 2.53. The lowest BCUT2D eigenvalue weighted by Crippen LogP contribution is -2.23. The third-order valence-electron chi connectivity index (χ3n) is 4.62. The number of halogens is 1. The molecule has 3 heteroatoms. The maximum atomic E-state index is 6.26. The van der Waals surface area contributed by atoms with Gasteiger partial charge in [0.2, 0.25) is 0 Å². The van der Waals surface area contributed by atoms with Crippen molar-refractivity contribution in [3.8, 4) is 11.5 Å². The minimum absolute atomic E-state index is 0.0109. The van der Waals surface area contributed by atoms with Crippen molar-refractivity contribution in [1.29, 1.82) is 0 Å². The van der Waals surface area contributed by atoms with Crippen LogP contribution in [0, 0.1) is 0 Å². The van der Waals surface area contributed by atoms with E-state index < -0.39 is 0 Å². The van der Waals surface area contributed by atoms with E-state index in [0.29, 0.717) is 11.6 Å². The Labute approximate surface area is 133 Å². The standard InChI is InChI=1S/C19H13ClO2/c20-12-6-8-16-14(9-12)19-15(10-21-16)18-13-4-2-1-3-11(13)5-7-17(18)22-19/h1-9,15,19H,10H2/t15-,19-/m0/s1.